The topological polar surface area (TPSA) is 84.2 Å². The molecule has 1 rings (SSSR count). The molecular formula is C14H20BrN3O2. The second-order valence-electron chi connectivity index (χ2n) is 5.07. The van der Waals surface area contributed by atoms with Crippen molar-refractivity contribution in [2.75, 3.05) is 12.3 Å². The van der Waals surface area contributed by atoms with E-state index in [0.29, 0.717) is 23.7 Å². The fraction of sp³-hybridized carbons (Fsp3) is 0.429. The molecule has 1 aromatic rings. The lowest BCUT2D eigenvalue weighted by atomic mass is 10.1. The first kappa shape index (κ1) is 16.5. The minimum Gasteiger partial charge on any atom is -0.398 e. The van der Waals surface area contributed by atoms with Crippen molar-refractivity contribution < 1.29 is 9.59 Å². The first-order chi connectivity index (χ1) is 9.31. The Balaban J connectivity index is 2.65. The summed E-state index contributed by atoms with van der Waals surface area (Å²) in [6.45, 7) is 6.23. The monoisotopic (exact) mass is 341 g/mol. The van der Waals surface area contributed by atoms with E-state index in [0.717, 1.165) is 4.47 Å². The number of nitrogens with two attached hydrogens (primary N) is 1. The van der Waals surface area contributed by atoms with Crippen molar-refractivity contribution in [1.82, 2.24) is 10.6 Å². The molecule has 1 atom stereocenters. The molecule has 0 saturated heterocycles. The second-order valence-corrected chi connectivity index (χ2v) is 5.98. The van der Waals surface area contributed by atoms with Gasteiger partial charge in [-0.25, -0.2) is 0 Å². The van der Waals surface area contributed by atoms with Gasteiger partial charge in [-0.2, -0.15) is 0 Å². The largest absolute Gasteiger partial charge is 0.398 e. The molecule has 0 fully saturated rings. The van der Waals surface area contributed by atoms with E-state index in [9.17, 15) is 9.59 Å². The van der Waals surface area contributed by atoms with E-state index in [1.165, 1.54) is 0 Å². The van der Waals surface area contributed by atoms with Crippen molar-refractivity contribution in [2.24, 2.45) is 5.92 Å². The normalized spacial score (nSPS) is 12.1. The number of hydrogen-bond donors (Lipinski definition) is 3. The predicted molar refractivity (Wildman–Crippen MR) is 83.3 cm³/mol. The number of halogens is 1. The molecule has 4 N–H and O–H groups in total. The quantitative estimate of drug-likeness (QED) is 0.715. The maximum Gasteiger partial charge on any atom is 0.254 e. The van der Waals surface area contributed by atoms with Gasteiger partial charge in [0.05, 0.1) is 5.56 Å². The molecule has 0 bridgehead atoms. The lowest BCUT2D eigenvalue weighted by molar-refractivity contribution is -0.122. The summed E-state index contributed by atoms with van der Waals surface area (Å²) in [6.07, 6.45) is 0. The minimum atomic E-state index is -0.611. The number of rotatable bonds is 5. The highest BCUT2D eigenvalue weighted by atomic mass is 79.9. The first-order valence-electron chi connectivity index (χ1n) is 6.45. The summed E-state index contributed by atoms with van der Waals surface area (Å²) in [4.78, 5) is 23.9. The molecule has 5 nitrogen and oxygen atoms in total. The standard InChI is InChI=1S/C14H20BrN3O2/c1-8(2)7-17-13(19)9(3)18-14(20)11-6-10(15)4-5-12(11)16/h4-6,8-9H,7,16H2,1-3H3,(H,17,19)(H,18,20). The zero-order valence-electron chi connectivity index (χ0n) is 11.9. The number of nitrogens with one attached hydrogen (secondary N) is 2. The Morgan fingerprint density at radius 2 is 1.95 bits per heavy atom. The highest BCUT2D eigenvalue weighted by Crippen LogP contribution is 2.18. The van der Waals surface area contributed by atoms with E-state index in [4.69, 9.17) is 5.73 Å². The number of hydrogen-bond acceptors (Lipinski definition) is 3. The molecule has 6 heteroatoms. The molecule has 0 aromatic heterocycles. The lowest BCUT2D eigenvalue weighted by Gasteiger charge is -2.16. The summed E-state index contributed by atoms with van der Waals surface area (Å²) in [5.74, 6) is -0.209. The van der Waals surface area contributed by atoms with Crippen molar-refractivity contribution in [3.63, 3.8) is 0 Å². The Kier molecular flexibility index (Phi) is 6.01. The van der Waals surface area contributed by atoms with Gasteiger partial charge in [0.15, 0.2) is 0 Å². The number of anilines is 1. The molecule has 2 amide bonds. The average Bonchev–Trinajstić information content (AvgIpc) is 2.38. The Morgan fingerprint density at radius 3 is 2.55 bits per heavy atom. The molecule has 20 heavy (non-hydrogen) atoms. The van der Waals surface area contributed by atoms with Crippen LogP contribution in [0.15, 0.2) is 22.7 Å². The maximum atomic E-state index is 12.1. The van der Waals surface area contributed by atoms with E-state index >= 15 is 0 Å². The van der Waals surface area contributed by atoms with Crippen molar-refractivity contribution >= 4 is 33.4 Å². The van der Waals surface area contributed by atoms with Crippen LogP contribution in [-0.4, -0.2) is 24.4 Å². The van der Waals surface area contributed by atoms with Gasteiger partial charge < -0.3 is 16.4 Å². The summed E-state index contributed by atoms with van der Waals surface area (Å²) in [6, 6.07) is 4.41. The lowest BCUT2D eigenvalue weighted by Crippen LogP contribution is -2.45. The Bertz CT molecular complexity index is 503. The van der Waals surface area contributed by atoms with E-state index in [-0.39, 0.29) is 11.8 Å². The number of carbonyl (C=O) groups is 2. The summed E-state index contributed by atoms with van der Waals surface area (Å²) < 4.78 is 0.758. The van der Waals surface area contributed by atoms with Crippen LogP contribution in [0.25, 0.3) is 0 Å². The molecule has 0 heterocycles. The molecule has 0 saturated carbocycles. The number of benzene rings is 1. The SMILES string of the molecule is CC(C)CNC(=O)C(C)NC(=O)c1cc(Br)ccc1N. The van der Waals surface area contributed by atoms with Gasteiger partial charge in [-0.15, -0.1) is 0 Å². The number of nitrogen functional groups attached to an aromatic ring is 1. The van der Waals surface area contributed by atoms with Gasteiger partial charge in [-0.3, -0.25) is 9.59 Å². The average molecular weight is 342 g/mol. The highest BCUT2D eigenvalue weighted by Gasteiger charge is 2.18. The Morgan fingerprint density at radius 1 is 1.30 bits per heavy atom. The third-order valence-corrected chi connectivity index (χ3v) is 3.18. The third kappa shape index (κ3) is 4.85. The molecule has 0 aliphatic carbocycles. The molecule has 0 radical (unpaired) electrons. The Hall–Kier alpha value is -1.56. The van der Waals surface area contributed by atoms with Crippen LogP contribution in [0, 0.1) is 5.92 Å². The van der Waals surface area contributed by atoms with Crippen LogP contribution >= 0.6 is 15.9 Å². The van der Waals surface area contributed by atoms with E-state index in [2.05, 4.69) is 26.6 Å². The summed E-state index contributed by atoms with van der Waals surface area (Å²) in [7, 11) is 0. The highest BCUT2D eigenvalue weighted by molar-refractivity contribution is 9.10. The summed E-state index contributed by atoms with van der Waals surface area (Å²) >= 11 is 3.29. The molecule has 0 aliphatic rings. The van der Waals surface area contributed by atoms with Gasteiger partial charge in [-0.1, -0.05) is 29.8 Å². The smallest absolute Gasteiger partial charge is 0.254 e. The van der Waals surface area contributed by atoms with Crippen molar-refractivity contribution in [1.29, 1.82) is 0 Å². The number of carbonyl (C=O) groups excluding carboxylic acids is 2. The zero-order valence-corrected chi connectivity index (χ0v) is 13.5. The van der Waals surface area contributed by atoms with E-state index < -0.39 is 6.04 Å². The van der Waals surface area contributed by atoms with Crippen molar-refractivity contribution in [2.45, 2.75) is 26.8 Å². The van der Waals surface area contributed by atoms with Crippen LogP contribution in [-0.2, 0) is 4.79 Å². The fourth-order valence-electron chi connectivity index (χ4n) is 1.52. The zero-order chi connectivity index (χ0) is 15.3. The molecule has 1 aromatic carbocycles. The van der Waals surface area contributed by atoms with E-state index in [1.807, 2.05) is 13.8 Å². The van der Waals surface area contributed by atoms with Gasteiger partial charge in [0.1, 0.15) is 6.04 Å². The van der Waals surface area contributed by atoms with Gasteiger partial charge in [0.2, 0.25) is 5.91 Å². The van der Waals surface area contributed by atoms with E-state index in [1.54, 1.807) is 25.1 Å². The first-order valence-corrected chi connectivity index (χ1v) is 7.24. The summed E-state index contributed by atoms with van der Waals surface area (Å²) in [5, 5.41) is 5.41. The van der Waals surface area contributed by atoms with Gasteiger partial charge >= 0.3 is 0 Å². The van der Waals surface area contributed by atoms with Crippen molar-refractivity contribution in [3.05, 3.63) is 28.2 Å². The molecule has 110 valence electrons. The van der Waals surface area contributed by atoms with Crippen LogP contribution in [0.4, 0.5) is 5.69 Å². The van der Waals surface area contributed by atoms with Gasteiger partial charge in [-0.05, 0) is 31.0 Å². The Labute approximate surface area is 127 Å². The third-order valence-electron chi connectivity index (χ3n) is 2.69. The fourth-order valence-corrected chi connectivity index (χ4v) is 1.88. The van der Waals surface area contributed by atoms with Crippen LogP contribution in [0.3, 0.4) is 0 Å². The van der Waals surface area contributed by atoms with Gasteiger partial charge in [0.25, 0.3) is 5.91 Å². The van der Waals surface area contributed by atoms with Crippen LogP contribution in [0.1, 0.15) is 31.1 Å². The minimum absolute atomic E-state index is 0.208. The van der Waals surface area contributed by atoms with Crippen LogP contribution < -0.4 is 16.4 Å². The van der Waals surface area contributed by atoms with Crippen LogP contribution in [0.5, 0.6) is 0 Å². The molecule has 0 aliphatic heterocycles. The second kappa shape index (κ2) is 7.28. The summed E-state index contributed by atoms with van der Waals surface area (Å²) in [5.41, 5.74) is 6.48. The van der Waals surface area contributed by atoms with Gasteiger partial charge in [0, 0.05) is 16.7 Å². The maximum absolute atomic E-state index is 12.1. The number of amides is 2. The van der Waals surface area contributed by atoms with Crippen molar-refractivity contribution in [3.8, 4) is 0 Å². The molecule has 0 spiro atoms. The molecular weight excluding hydrogens is 322 g/mol. The molecule has 1 unspecified atom stereocenters. The predicted octanol–water partition coefficient (Wildman–Crippen LogP) is 1.92. The van der Waals surface area contributed by atoms with Crippen LogP contribution in [0.2, 0.25) is 0 Å².